The number of nitrogens with one attached hydrogen (secondary N) is 2. The molecule has 0 aliphatic carbocycles. The third-order valence-corrected chi connectivity index (χ3v) is 3.38. The highest BCUT2D eigenvalue weighted by molar-refractivity contribution is 8.13. The fourth-order valence-electron chi connectivity index (χ4n) is 1.69. The van der Waals surface area contributed by atoms with Crippen molar-refractivity contribution in [1.82, 2.24) is 5.32 Å². The maximum absolute atomic E-state index is 11.8. The first kappa shape index (κ1) is 17.9. The quantitative estimate of drug-likeness (QED) is 0.364. The van der Waals surface area contributed by atoms with Gasteiger partial charge >= 0.3 is 0 Å². The monoisotopic (exact) mass is 320 g/mol. The topological polar surface area (TPSA) is 86.5 Å². The summed E-state index contributed by atoms with van der Waals surface area (Å²) in [4.78, 5) is 16.1. The summed E-state index contributed by atoms with van der Waals surface area (Å²) in [5, 5.41) is 14.4. The second kappa shape index (κ2) is 9.68. The smallest absolute Gasteiger partial charge is 0.224 e. The lowest BCUT2D eigenvalue weighted by Crippen LogP contribution is -2.13. The second-order valence-electron chi connectivity index (χ2n) is 4.39. The Labute approximate surface area is 135 Å². The number of ether oxygens (including phenoxy) is 1. The molecule has 0 aromatic heterocycles. The lowest BCUT2D eigenvalue weighted by molar-refractivity contribution is -0.116. The highest BCUT2D eigenvalue weighted by atomic mass is 32.2. The molecule has 0 heterocycles. The van der Waals surface area contributed by atoms with Crippen molar-refractivity contribution in [2.45, 2.75) is 26.2 Å². The third-order valence-electron chi connectivity index (χ3n) is 2.80. The van der Waals surface area contributed by atoms with Gasteiger partial charge in [0.05, 0.1) is 18.5 Å². The van der Waals surface area contributed by atoms with Gasteiger partial charge in [0.1, 0.15) is 5.75 Å². The molecule has 0 spiro atoms. The molecule has 1 aromatic carbocycles. The van der Waals surface area contributed by atoms with Crippen LogP contribution in [0.3, 0.4) is 0 Å². The Morgan fingerprint density at radius 2 is 2.27 bits per heavy atom. The van der Waals surface area contributed by atoms with Crippen LogP contribution in [0.15, 0.2) is 23.2 Å². The zero-order valence-electron chi connectivity index (χ0n) is 13.0. The molecule has 2 N–H and O–H groups in total. The van der Waals surface area contributed by atoms with E-state index in [1.54, 1.807) is 18.2 Å². The summed E-state index contributed by atoms with van der Waals surface area (Å²) >= 11 is 1.33. The van der Waals surface area contributed by atoms with Gasteiger partial charge in [0.25, 0.3) is 0 Å². The number of carbonyl (C=O) groups excluding carboxylic acids is 1. The zero-order valence-corrected chi connectivity index (χ0v) is 13.8. The number of hydrogen-bond acceptors (Lipinski definition) is 5. The summed E-state index contributed by atoms with van der Waals surface area (Å²) < 4.78 is 5.29. The van der Waals surface area contributed by atoms with Gasteiger partial charge in [0.15, 0.2) is 11.4 Å². The number of thioether (sulfide) groups is 1. The number of rotatable bonds is 6. The molecule has 0 unspecified atom stereocenters. The maximum Gasteiger partial charge on any atom is 0.224 e. The van der Waals surface area contributed by atoms with E-state index < -0.39 is 0 Å². The van der Waals surface area contributed by atoms with Crippen LogP contribution in [0, 0.1) is 11.5 Å². The average Bonchev–Trinajstić information content (AvgIpc) is 2.53. The van der Waals surface area contributed by atoms with E-state index >= 15 is 0 Å². The Balaban J connectivity index is 2.91. The van der Waals surface area contributed by atoms with Gasteiger partial charge in [-0.3, -0.25) is 10.1 Å². The van der Waals surface area contributed by atoms with Crippen molar-refractivity contribution >= 4 is 34.2 Å². The van der Waals surface area contributed by atoms with Gasteiger partial charge in [-0.25, -0.2) is 4.99 Å². The van der Waals surface area contributed by atoms with Crippen molar-refractivity contribution in [2.75, 3.05) is 18.7 Å². The molecular formula is C15H20N4O2S. The van der Waals surface area contributed by atoms with Crippen molar-refractivity contribution < 1.29 is 9.53 Å². The Morgan fingerprint density at radius 1 is 1.50 bits per heavy atom. The van der Waals surface area contributed by atoms with E-state index in [0.717, 1.165) is 12.8 Å². The lowest BCUT2D eigenvalue weighted by atomic mass is 10.2. The molecule has 0 radical (unpaired) electrons. The SMILES string of the molecule is CCCCC(=O)Nc1ccc(N=C(NC#N)SC)cc1OC. The first-order valence-electron chi connectivity index (χ1n) is 6.90. The van der Waals surface area contributed by atoms with Crippen LogP contribution >= 0.6 is 11.8 Å². The number of nitrogens with zero attached hydrogens (tertiary/aromatic N) is 2. The highest BCUT2D eigenvalue weighted by Gasteiger charge is 2.08. The molecule has 6 nitrogen and oxygen atoms in total. The number of carbonyl (C=O) groups is 1. The fourth-order valence-corrected chi connectivity index (χ4v) is 2.04. The van der Waals surface area contributed by atoms with Gasteiger partial charge in [0, 0.05) is 12.5 Å². The van der Waals surface area contributed by atoms with Crippen molar-refractivity contribution in [3.63, 3.8) is 0 Å². The van der Waals surface area contributed by atoms with Gasteiger partial charge in [-0.2, -0.15) is 5.26 Å². The number of aliphatic imine (C=N–C) groups is 1. The molecule has 0 aliphatic heterocycles. The van der Waals surface area contributed by atoms with E-state index in [1.165, 1.54) is 18.9 Å². The number of methoxy groups -OCH3 is 1. The lowest BCUT2D eigenvalue weighted by Gasteiger charge is -2.11. The van der Waals surface area contributed by atoms with Gasteiger partial charge in [-0.1, -0.05) is 25.1 Å². The number of anilines is 1. The number of amides is 1. The summed E-state index contributed by atoms with van der Waals surface area (Å²) in [7, 11) is 1.54. The number of benzene rings is 1. The number of nitriles is 1. The van der Waals surface area contributed by atoms with Crippen LogP contribution in [-0.2, 0) is 4.79 Å². The second-order valence-corrected chi connectivity index (χ2v) is 5.19. The minimum Gasteiger partial charge on any atom is -0.494 e. The fraction of sp³-hybridized carbons (Fsp3) is 0.400. The van der Waals surface area contributed by atoms with E-state index in [-0.39, 0.29) is 5.91 Å². The molecule has 0 aliphatic rings. The van der Waals surface area contributed by atoms with Gasteiger partial charge < -0.3 is 10.1 Å². The molecule has 0 bridgehead atoms. The number of amidine groups is 1. The first-order chi connectivity index (χ1) is 10.6. The van der Waals surface area contributed by atoms with Crippen LogP contribution in [0.4, 0.5) is 11.4 Å². The molecular weight excluding hydrogens is 300 g/mol. The molecule has 1 rings (SSSR count). The Bertz CT molecular complexity index is 581. The zero-order chi connectivity index (χ0) is 16.4. The molecule has 0 atom stereocenters. The standard InChI is InChI=1S/C15H20N4O2S/c1-4-5-6-14(20)19-12-8-7-11(9-13(12)21-2)18-15(22-3)17-10-16/h7-9H,4-6H2,1-3H3,(H,17,18)(H,19,20). The molecule has 0 fully saturated rings. The van der Waals surface area contributed by atoms with E-state index in [2.05, 4.69) is 15.6 Å². The minimum absolute atomic E-state index is 0.0349. The predicted octanol–water partition coefficient (Wildman–Crippen LogP) is 3.25. The third kappa shape index (κ3) is 5.66. The van der Waals surface area contributed by atoms with E-state index in [4.69, 9.17) is 10.00 Å². The van der Waals surface area contributed by atoms with Gasteiger partial charge in [-0.05, 0) is 24.8 Å². The van der Waals surface area contributed by atoms with Crippen molar-refractivity contribution in [3.05, 3.63) is 18.2 Å². The Hall–Kier alpha value is -2.20. The molecule has 7 heteroatoms. The Kier molecular flexibility index (Phi) is 7.86. The summed E-state index contributed by atoms with van der Waals surface area (Å²) in [6.45, 7) is 2.04. The summed E-state index contributed by atoms with van der Waals surface area (Å²) in [5.41, 5.74) is 1.25. The first-order valence-corrected chi connectivity index (χ1v) is 8.12. The van der Waals surface area contributed by atoms with Crippen LogP contribution in [0.25, 0.3) is 0 Å². The maximum atomic E-state index is 11.8. The minimum atomic E-state index is -0.0349. The van der Waals surface area contributed by atoms with E-state index in [0.29, 0.717) is 28.7 Å². The highest BCUT2D eigenvalue weighted by Crippen LogP contribution is 2.30. The average molecular weight is 320 g/mol. The Morgan fingerprint density at radius 3 is 2.86 bits per heavy atom. The molecule has 118 valence electrons. The summed E-state index contributed by atoms with van der Waals surface area (Å²) in [6.07, 6.45) is 5.97. The molecule has 22 heavy (non-hydrogen) atoms. The van der Waals surface area contributed by atoms with Crippen molar-refractivity contribution in [2.24, 2.45) is 4.99 Å². The summed E-state index contributed by atoms with van der Waals surface area (Å²) in [6, 6.07) is 5.21. The van der Waals surface area contributed by atoms with Crippen LogP contribution in [0.5, 0.6) is 5.75 Å². The van der Waals surface area contributed by atoms with Crippen LogP contribution < -0.4 is 15.4 Å². The van der Waals surface area contributed by atoms with Gasteiger partial charge in [0.2, 0.25) is 5.91 Å². The van der Waals surface area contributed by atoms with Crippen molar-refractivity contribution in [1.29, 1.82) is 5.26 Å². The van der Waals surface area contributed by atoms with Crippen LogP contribution in [-0.4, -0.2) is 24.4 Å². The number of hydrogen-bond donors (Lipinski definition) is 2. The molecule has 0 saturated heterocycles. The molecule has 0 saturated carbocycles. The predicted molar refractivity (Wildman–Crippen MR) is 90.5 cm³/mol. The van der Waals surface area contributed by atoms with E-state index in [9.17, 15) is 4.79 Å². The molecule has 1 amide bonds. The van der Waals surface area contributed by atoms with E-state index in [1.807, 2.05) is 19.4 Å². The largest absolute Gasteiger partial charge is 0.494 e. The number of unbranched alkanes of at least 4 members (excludes halogenated alkanes) is 1. The molecule has 1 aromatic rings. The summed E-state index contributed by atoms with van der Waals surface area (Å²) in [5.74, 6) is 0.496. The van der Waals surface area contributed by atoms with Crippen molar-refractivity contribution in [3.8, 4) is 11.9 Å². The van der Waals surface area contributed by atoms with Gasteiger partial charge in [-0.15, -0.1) is 0 Å². The normalized spacial score (nSPS) is 10.7. The van der Waals surface area contributed by atoms with Crippen LogP contribution in [0.1, 0.15) is 26.2 Å². The van der Waals surface area contributed by atoms with Crippen LogP contribution in [0.2, 0.25) is 0 Å².